The second-order valence-electron chi connectivity index (χ2n) is 9.59. The fraction of sp³-hybridized carbons (Fsp3) is 0.367. The molecule has 1 aliphatic heterocycles. The highest BCUT2D eigenvalue weighted by Gasteiger charge is 2.22. The molecular formula is C30H34ClF2NO3. The normalized spacial score (nSPS) is 15.1. The quantitative estimate of drug-likeness (QED) is 0.314. The highest BCUT2D eigenvalue weighted by Crippen LogP contribution is 2.24. The molecule has 37 heavy (non-hydrogen) atoms. The summed E-state index contributed by atoms with van der Waals surface area (Å²) in [5.74, 6) is -0.197. The molecule has 1 unspecified atom stereocenters. The monoisotopic (exact) mass is 529 g/mol. The number of aliphatic hydroxyl groups is 1. The van der Waals surface area contributed by atoms with Crippen LogP contribution in [0.1, 0.15) is 40.7 Å². The summed E-state index contributed by atoms with van der Waals surface area (Å²) in [7, 11) is 0. The van der Waals surface area contributed by atoms with Crippen molar-refractivity contribution in [2.45, 2.75) is 38.2 Å². The lowest BCUT2D eigenvalue weighted by atomic mass is 9.90. The summed E-state index contributed by atoms with van der Waals surface area (Å²) < 4.78 is 32.8. The predicted octanol–water partition coefficient (Wildman–Crippen LogP) is 5.90. The summed E-state index contributed by atoms with van der Waals surface area (Å²) in [4.78, 5) is 15.0. The summed E-state index contributed by atoms with van der Waals surface area (Å²) >= 11 is 0. The van der Waals surface area contributed by atoms with E-state index in [2.05, 4.69) is 29.2 Å². The lowest BCUT2D eigenvalue weighted by Crippen LogP contribution is -2.41. The molecule has 3 aromatic carbocycles. The standard InChI is InChI=1S/C30H33F2NO3.ClH/c31-25-9-6-22(7-10-25)8-12-29(35)28-19-26(32)11-13-30(28)36-21-27(34)20-33-16-14-24(15-17-33)18-23-4-2-1-3-5-23;/h1-7,9-11,13,19,24,27,34H,8,12,14-18,20-21H2;1H. The van der Waals surface area contributed by atoms with Gasteiger partial charge in [0.15, 0.2) is 5.78 Å². The number of piperidine rings is 1. The molecule has 0 bridgehead atoms. The maximum Gasteiger partial charge on any atom is 0.167 e. The number of rotatable bonds is 11. The van der Waals surface area contributed by atoms with Crippen LogP contribution in [0.4, 0.5) is 8.78 Å². The third-order valence-electron chi connectivity index (χ3n) is 6.77. The van der Waals surface area contributed by atoms with Crippen LogP contribution in [0, 0.1) is 17.6 Å². The van der Waals surface area contributed by atoms with E-state index in [0.717, 1.165) is 37.9 Å². The van der Waals surface area contributed by atoms with Gasteiger partial charge >= 0.3 is 0 Å². The van der Waals surface area contributed by atoms with Crippen molar-refractivity contribution in [3.8, 4) is 5.75 Å². The molecule has 0 radical (unpaired) electrons. The van der Waals surface area contributed by atoms with Gasteiger partial charge in [-0.2, -0.15) is 0 Å². The van der Waals surface area contributed by atoms with Gasteiger partial charge in [0, 0.05) is 13.0 Å². The Kier molecular flexibility index (Phi) is 11.1. The van der Waals surface area contributed by atoms with Gasteiger partial charge in [-0.25, -0.2) is 8.78 Å². The third kappa shape index (κ3) is 8.92. The molecule has 4 nitrogen and oxygen atoms in total. The molecule has 4 rings (SSSR count). The number of likely N-dealkylation sites (tertiary alicyclic amines) is 1. The number of benzene rings is 3. The Morgan fingerprint density at radius 2 is 1.62 bits per heavy atom. The van der Waals surface area contributed by atoms with E-state index in [-0.39, 0.29) is 48.3 Å². The Hall–Kier alpha value is -2.80. The van der Waals surface area contributed by atoms with Crippen LogP contribution in [-0.2, 0) is 12.8 Å². The van der Waals surface area contributed by atoms with E-state index >= 15 is 0 Å². The third-order valence-corrected chi connectivity index (χ3v) is 6.77. The fourth-order valence-corrected chi connectivity index (χ4v) is 4.75. The van der Waals surface area contributed by atoms with Crippen LogP contribution in [-0.4, -0.2) is 48.1 Å². The molecule has 7 heteroatoms. The van der Waals surface area contributed by atoms with Crippen molar-refractivity contribution in [3.05, 3.63) is 101 Å². The Bertz CT molecular complexity index is 1120. The molecule has 0 aromatic heterocycles. The number of halogens is 3. The fourth-order valence-electron chi connectivity index (χ4n) is 4.75. The van der Waals surface area contributed by atoms with Gasteiger partial charge in [0.2, 0.25) is 0 Å². The van der Waals surface area contributed by atoms with Crippen LogP contribution in [0.5, 0.6) is 5.75 Å². The van der Waals surface area contributed by atoms with Gasteiger partial charge < -0.3 is 14.7 Å². The van der Waals surface area contributed by atoms with Crippen molar-refractivity contribution in [3.63, 3.8) is 0 Å². The van der Waals surface area contributed by atoms with Crippen LogP contribution >= 0.6 is 12.4 Å². The van der Waals surface area contributed by atoms with E-state index in [4.69, 9.17) is 4.74 Å². The molecule has 1 saturated heterocycles. The molecule has 1 aliphatic rings. The molecule has 0 amide bonds. The largest absolute Gasteiger partial charge is 0.490 e. The SMILES string of the molecule is Cl.O=C(CCc1ccc(F)cc1)c1cc(F)ccc1OCC(O)CN1CCC(Cc2ccccc2)CC1. The lowest BCUT2D eigenvalue weighted by Gasteiger charge is -2.33. The van der Waals surface area contributed by atoms with Gasteiger partial charge in [-0.3, -0.25) is 4.79 Å². The summed E-state index contributed by atoms with van der Waals surface area (Å²) in [6.07, 6.45) is 3.11. The number of carbonyl (C=O) groups excluding carboxylic acids is 1. The highest BCUT2D eigenvalue weighted by atomic mass is 35.5. The van der Waals surface area contributed by atoms with Crippen LogP contribution < -0.4 is 4.74 Å². The first-order valence-corrected chi connectivity index (χ1v) is 12.6. The minimum Gasteiger partial charge on any atom is -0.490 e. The average Bonchev–Trinajstić information content (AvgIpc) is 2.89. The molecule has 1 N–H and O–H groups in total. The predicted molar refractivity (Wildman–Crippen MR) is 144 cm³/mol. The number of carbonyl (C=O) groups is 1. The number of hydrogen-bond acceptors (Lipinski definition) is 4. The van der Waals surface area contributed by atoms with E-state index in [9.17, 15) is 18.7 Å². The van der Waals surface area contributed by atoms with Crippen molar-refractivity contribution < 1.29 is 23.4 Å². The number of β-amino-alcohol motifs (C(OH)–C–C–N with tert-alkyl or cyclic N) is 1. The van der Waals surface area contributed by atoms with Gasteiger partial charge in [-0.05, 0) is 86.1 Å². The molecule has 1 fully saturated rings. The van der Waals surface area contributed by atoms with E-state index in [0.29, 0.717) is 18.9 Å². The van der Waals surface area contributed by atoms with Gasteiger partial charge in [-0.15, -0.1) is 12.4 Å². The smallest absolute Gasteiger partial charge is 0.167 e. The molecule has 198 valence electrons. The van der Waals surface area contributed by atoms with Crippen molar-refractivity contribution >= 4 is 18.2 Å². The number of hydrogen-bond donors (Lipinski definition) is 1. The lowest BCUT2D eigenvalue weighted by molar-refractivity contribution is 0.0545. The van der Waals surface area contributed by atoms with E-state index in [1.54, 1.807) is 12.1 Å². The molecule has 0 spiro atoms. The van der Waals surface area contributed by atoms with E-state index < -0.39 is 11.9 Å². The minimum atomic E-state index is -0.720. The number of aryl methyl sites for hydroxylation is 1. The van der Waals surface area contributed by atoms with E-state index in [1.807, 2.05) is 6.07 Å². The molecule has 0 aliphatic carbocycles. The number of ketones is 1. The Morgan fingerprint density at radius 3 is 2.32 bits per heavy atom. The Balaban J connectivity index is 0.00000380. The number of Topliss-reactive ketones (excluding diaryl/α,β-unsaturated/α-hetero) is 1. The van der Waals surface area contributed by atoms with Crippen molar-refractivity contribution in [1.82, 2.24) is 4.90 Å². The summed E-state index contributed by atoms with van der Waals surface area (Å²) in [6, 6.07) is 20.3. The number of ether oxygens (including phenoxy) is 1. The van der Waals surface area contributed by atoms with Crippen LogP contribution in [0.3, 0.4) is 0 Å². The van der Waals surface area contributed by atoms with Crippen molar-refractivity contribution in [2.75, 3.05) is 26.2 Å². The first-order valence-electron chi connectivity index (χ1n) is 12.6. The van der Waals surface area contributed by atoms with Gasteiger partial charge in [0.05, 0.1) is 5.56 Å². The average molecular weight is 530 g/mol. The second kappa shape index (κ2) is 14.2. The first kappa shape index (κ1) is 28.8. The van der Waals surface area contributed by atoms with Crippen molar-refractivity contribution in [1.29, 1.82) is 0 Å². The maximum absolute atomic E-state index is 13.9. The van der Waals surface area contributed by atoms with Gasteiger partial charge in [-0.1, -0.05) is 42.5 Å². The number of nitrogens with zero attached hydrogens (tertiary/aromatic N) is 1. The van der Waals surface area contributed by atoms with Crippen LogP contribution in [0.15, 0.2) is 72.8 Å². The number of aliphatic hydroxyl groups excluding tert-OH is 1. The molecule has 1 heterocycles. The summed E-state index contributed by atoms with van der Waals surface area (Å²) in [5.41, 5.74) is 2.35. The molecular weight excluding hydrogens is 496 g/mol. The highest BCUT2D eigenvalue weighted by molar-refractivity contribution is 5.98. The molecule has 1 atom stereocenters. The van der Waals surface area contributed by atoms with Crippen LogP contribution in [0.25, 0.3) is 0 Å². The van der Waals surface area contributed by atoms with Crippen LogP contribution in [0.2, 0.25) is 0 Å². The Labute approximate surface area is 223 Å². The zero-order chi connectivity index (χ0) is 25.3. The molecule has 0 saturated carbocycles. The summed E-state index contributed by atoms with van der Waals surface area (Å²) in [5, 5.41) is 10.6. The summed E-state index contributed by atoms with van der Waals surface area (Å²) in [6.45, 7) is 2.37. The molecule has 3 aromatic rings. The van der Waals surface area contributed by atoms with Gasteiger partial charge in [0.1, 0.15) is 30.1 Å². The maximum atomic E-state index is 13.9. The Morgan fingerprint density at radius 1 is 0.946 bits per heavy atom. The zero-order valence-corrected chi connectivity index (χ0v) is 21.6. The second-order valence-corrected chi connectivity index (χ2v) is 9.59. The topological polar surface area (TPSA) is 49.8 Å². The van der Waals surface area contributed by atoms with E-state index in [1.165, 1.54) is 35.9 Å². The zero-order valence-electron chi connectivity index (χ0n) is 20.8. The van der Waals surface area contributed by atoms with Gasteiger partial charge in [0.25, 0.3) is 0 Å². The first-order chi connectivity index (χ1) is 17.5. The van der Waals surface area contributed by atoms with Crippen molar-refractivity contribution in [2.24, 2.45) is 5.92 Å². The minimum absolute atomic E-state index is 0.